The molecular weight excluding hydrogens is 511 g/mol. The van der Waals surface area contributed by atoms with Crippen LogP contribution < -0.4 is 56.8 Å². The second kappa shape index (κ2) is 11.6. The molecule has 10 heteroatoms. The quantitative estimate of drug-likeness (QED) is 0.401. The number of halogens is 3. The topological polar surface area (TPSA) is 32.8 Å². The van der Waals surface area contributed by atoms with E-state index in [0.29, 0.717) is 43.2 Å². The molecular formula is C26H25BF3KN2O2S. The number of hydrogen-bond acceptors (Lipinski definition) is 4. The van der Waals surface area contributed by atoms with Crippen LogP contribution in [0.3, 0.4) is 0 Å². The van der Waals surface area contributed by atoms with Gasteiger partial charge in [0, 0.05) is 43.5 Å². The van der Waals surface area contributed by atoms with Crippen LogP contribution in [0.25, 0.3) is 11.1 Å². The first-order chi connectivity index (χ1) is 16.8. The maximum absolute atomic E-state index is 13.2. The average Bonchev–Trinajstić information content (AvgIpc) is 3.16. The van der Waals surface area contributed by atoms with Crippen LogP contribution >= 0.6 is 12.6 Å². The Balaban J connectivity index is 0.00000304. The van der Waals surface area contributed by atoms with Gasteiger partial charge in [-0.15, -0.1) is 18.1 Å². The van der Waals surface area contributed by atoms with Gasteiger partial charge in [0.05, 0.1) is 0 Å². The molecule has 1 amide bonds. The number of amides is 1. The molecule has 0 N–H and O–H groups in total. The number of fused-ring (bicyclic) bond motifs is 3. The molecule has 3 aromatic carbocycles. The van der Waals surface area contributed by atoms with E-state index in [9.17, 15) is 17.7 Å². The zero-order valence-corrected chi connectivity index (χ0v) is 24.1. The number of benzene rings is 3. The number of piperazine rings is 1. The Labute approximate surface area is 257 Å². The number of thiol groups is 1. The van der Waals surface area contributed by atoms with Gasteiger partial charge in [-0.05, 0) is 33.9 Å². The molecule has 1 aliphatic carbocycles. The van der Waals surface area contributed by atoms with Crippen LogP contribution in [0.15, 0.2) is 71.6 Å². The molecule has 0 bridgehead atoms. The predicted molar refractivity (Wildman–Crippen MR) is 134 cm³/mol. The number of carbonyl (C=O) groups excluding carboxylic acids is 1. The van der Waals surface area contributed by atoms with Gasteiger partial charge in [0.25, 0.3) is 0 Å². The Kier molecular flexibility index (Phi) is 8.97. The summed E-state index contributed by atoms with van der Waals surface area (Å²) in [7, 11) is 0. The van der Waals surface area contributed by atoms with E-state index in [-0.39, 0.29) is 70.0 Å². The molecule has 182 valence electrons. The summed E-state index contributed by atoms with van der Waals surface area (Å²) in [5.74, 6) is 0.00516. The number of nitrogens with zero attached hydrogens (tertiary/aromatic N) is 2. The molecule has 4 nitrogen and oxygen atoms in total. The normalized spacial score (nSPS) is 15.7. The fourth-order valence-electron chi connectivity index (χ4n) is 5.01. The average molecular weight is 536 g/mol. The predicted octanol–water partition coefficient (Wildman–Crippen LogP) is 2.10. The van der Waals surface area contributed by atoms with Gasteiger partial charge in [0.1, 0.15) is 6.61 Å². The fraction of sp³-hybridized carbons (Fsp3) is 0.269. The maximum Gasteiger partial charge on any atom is 1.00 e. The van der Waals surface area contributed by atoms with Crippen molar-refractivity contribution in [2.75, 3.05) is 32.8 Å². The van der Waals surface area contributed by atoms with Crippen molar-refractivity contribution < 1.29 is 73.9 Å². The Hall–Kier alpha value is -1.27. The first kappa shape index (κ1) is 27.8. The van der Waals surface area contributed by atoms with E-state index < -0.39 is 12.4 Å². The van der Waals surface area contributed by atoms with Gasteiger partial charge in [0.15, 0.2) is 0 Å². The van der Waals surface area contributed by atoms with E-state index in [2.05, 4.69) is 36.9 Å². The van der Waals surface area contributed by atoms with E-state index in [1.807, 2.05) is 29.2 Å². The summed E-state index contributed by atoms with van der Waals surface area (Å²) in [6.45, 7) is -2.37. The Morgan fingerprint density at radius 1 is 0.917 bits per heavy atom. The summed E-state index contributed by atoms with van der Waals surface area (Å²) in [4.78, 5) is 16.8. The van der Waals surface area contributed by atoms with Crippen LogP contribution in [0.2, 0.25) is 0 Å². The van der Waals surface area contributed by atoms with Crippen LogP contribution in [-0.4, -0.2) is 55.7 Å². The van der Waals surface area contributed by atoms with Crippen molar-refractivity contribution in [1.82, 2.24) is 9.80 Å². The first-order valence-corrected chi connectivity index (χ1v) is 12.1. The first-order valence-electron chi connectivity index (χ1n) is 11.6. The summed E-state index contributed by atoms with van der Waals surface area (Å²) >= 11 is 4.13. The van der Waals surface area contributed by atoms with Crippen LogP contribution in [0.5, 0.6) is 0 Å². The maximum atomic E-state index is 13.2. The second-order valence-corrected chi connectivity index (χ2v) is 9.59. The molecule has 3 aromatic rings. The third-order valence-electron chi connectivity index (χ3n) is 6.75. The van der Waals surface area contributed by atoms with Gasteiger partial charge in [-0.1, -0.05) is 60.7 Å². The van der Waals surface area contributed by atoms with Crippen molar-refractivity contribution in [3.05, 3.63) is 83.4 Å². The van der Waals surface area contributed by atoms with Crippen LogP contribution in [0, 0.1) is 0 Å². The smallest absolute Gasteiger partial charge is 0.448 e. The van der Waals surface area contributed by atoms with Gasteiger partial charge in [-0.25, -0.2) is 4.79 Å². The van der Waals surface area contributed by atoms with E-state index in [0.717, 1.165) is 17.2 Å². The molecule has 36 heavy (non-hydrogen) atoms. The molecule has 1 aliphatic heterocycles. The van der Waals surface area contributed by atoms with E-state index in [1.54, 1.807) is 11.0 Å². The Bertz CT molecular complexity index is 1210. The van der Waals surface area contributed by atoms with Crippen molar-refractivity contribution >= 4 is 31.2 Å². The minimum Gasteiger partial charge on any atom is -0.448 e. The molecule has 0 spiro atoms. The summed E-state index contributed by atoms with van der Waals surface area (Å²) < 4.78 is 45.3. The van der Waals surface area contributed by atoms with Gasteiger partial charge >= 0.3 is 64.5 Å². The molecule has 1 fully saturated rings. The van der Waals surface area contributed by atoms with E-state index in [1.165, 1.54) is 17.2 Å². The van der Waals surface area contributed by atoms with Crippen molar-refractivity contribution in [3.8, 4) is 11.1 Å². The molecule has 1 heterocycles. The summed E-state index contributed by atoms with van der Waals surface area (Å²) in [5.41, 5.74) is 4.62. The molecule has 2 aliphatic rings. The third-order valence-corrected chi connectivity index (χ3v) is 7.01. The van der Waals surface area contributed by atoms with Gasteiger partial charge in [-0.3, -0.25) is 4.90 Å². The largest absolute Gasteiger partial charge is 1.00 e. The molecule has 0 aromatic heterocycles. The number of ether oxygens (including phenoxy) is 1. The summed E-state index contributed by atoms with van der Waals surface area (Å²) in [6, 6.07) is 20.3. The zero-order valence-electron chi connectivity index (χ0n) is 20.0. The standard InChI is InChI=1S/C26H25BF3N2O2S.K/c28-27(29,30)19-13-18(14-20(35)15-19)16-31-9-11-32(12-10-31)26(33)34-17-25-23-7-3-1-5-21(23)22-6-2-4-8-24(22)25;/h1-8,13-15,25,35H,9-12,16-17H2;/q-1;+1. The zero-order chi connectivity index (χ0) is 24.6. The molecule has 5 rings (SSSR count). The second-order valence-electron chi connectivity index (χ2n) is 9.07. The minimum atomic E-state index is -5.07. The molecule has 0 radical (unpaired) electrons. The van der Waals surface area contributed by atoms with Crippen molar-refractivity contribution in [2.45, 2.75) is 17.4 Å². The molecule has 0 unspecified atom stereocenters. The van der Waals surface area contributed by atoms with Gasteiger partial charge < -0.3 is 22.6 Å². The monoisotopic (exact) mass is 536 g/mol. The van der Waals surface area contributed by atoms with Crippen molar-refractivity contribution in [1.29, 1.82) is 0 Å². The van der Waals surface area contributed by atoms with Crippen LogP contribution in [0.1, 0.15) is 22.6 Å². The van der Waals surface area contributed by atoms with E-state index in [4.69, 9.17) is 4.74 Å². The molecule has 0 saturated carbocycles. The fourth-order valence-corrected chi connectivity index (χ4v) is 5.33. The minimum absolute atomic E-state index is 0. The van der Waals surface area contributed by atoms with Crippen molar-refractivity contribution in [2.24, 2.45) is 0 Å². The Morgan fingerprint density at radius 2 is 1.50 bits per heavy atom. The summed E-state index contributed by atoms with van der Waals surface area (Å²) in [5, 5.41) is 0. The van der Waals surface area contributed by atoms with Gasteiger partial charge in [0.2, 0.25) is 0 Å². The van der Waals surface area contributed by atoms with E-state index >= 15 is 0 Å². The Morgan fingerprint density at radius 3 is 2.08 bits per heavy atom. The molecule has 0 atom stereocenters. The third kappa shape index (κ3) is 6.06. The molecule has 1 saturated heterocycles. The number of hydrogen-bond donors (Lipinski definition) is 1. The van der Waals surface area contributed by atoms with Gasteiger partial charge in [-0.2, -0.15) is 0 Å². The number of carbonyl (C=O) groups is 1. The number of rotatable bonds is 5. The SMILES string of the molecule is O=C(OCC1c2ccccc2-c2ccccc21)N1CCN(Cc2cc(S)cc([B-](F)(F)F)c2)CC1.[K+]. The van der Waals surface area contributed by atoms with Crippen LogP contribution in [0.4, 0.5) is 17.7 Å². The summed E-state index contributed by atoms with van der Waals surface area (Å²) in [6.07, 6.45) is -0.356. The van der Waals surface area contributed by atoms with Crippen molar-refractivity contribution in [3.63, 3.8) is 0 Å². The van der Waals surface area contributed by atoms with Crippen LogP contribution in [-0.2, 0) is 11.3 Å².